The average molecular weight is 365 g/mol. The van der Waals surface area contributed by atoms with E-state index in [-0.39, 0.29) is 23.7 Å². The molecule has 9 heteroatoms. The van der Waals surface area contributed by atoms with E-state index in [4.69, 9.17) is 9.47 Å². The number of hydrogen-bond donors (Lipinski definition) is 2. The molecule has 0 bridgehead atoms. The third-order valence-corrected chi connectivity index (χ3v) is 4.58. The van der Waals surface area contributed by atoms with Crippen LogP contribution in [0.5, 0.6) is 5.75 Å². The maximum atomic E-state index is 12.5. The van der Waals surface area contributed by atoms with Crippen LogP contribution in [0, 0.1) is 0 Å². The van der Waals surface area contributed by atoms with E-state index in [0.29, 0.717) is 5.75 Å². The second kappa shape index (κ2) is 8.45. The van der Waals surface area contributed by atoms with Crippen LogP contribution < -0.4 is 14.8 Å². The summed E-state index contributed by atoms with van der Waals surface area (Å²) in [4.78, 5) is 15.5. The van der Waals surface area contributed by atoms with Crippen molar-refractivity contribution in [2.45, 2.75) is 18.4 Å². The Morgan fingerprint density at radius 1 is 1.28 bits per heavy atom. The number of sulfonamides is 1. The summed E-state index contributed by atoms with van der Waals surface area (Å²) >= 11 is 0. The summed E-state index contributed by atoms with van der Waals surface area (Å²) in [5.74, 6) is 0.319. The van der Waals surface area contributed by atoms with Crippen LogP contribution in [0.3, 0.4) is 0 Å². The summed E-state index contributed by atoms with van der Waals surface area (Å²) in [5.41, 5.74) is 0.926. The van der Waals surface area contributed by atoms with Crippen molar-refractivity contribution in [1.82, 2.24) is 9.71 Å². The smallest absolute Gasteiger partial charge is 0.411 e. The molecule has 0 atom stereocenters. The third-order valence-electron chi connectivity index (χ3n) is 3.18. The standard InChI is InChI=1S/C16H19N3O5S/c1-3-24-16(20)19-14-9-13(6-7-15(14)23-2)25(21,22)18-11-12-5-4-8-17-10-12/h4-10,18H,3,11H2,1-2H3,(H,19,20). The number of nitrogens with zero attached hydrogens (tertiary/aromatic N) is 1. The Morgan fingerprint density at radius 2 is 2.08 bits per heavy atom. The highest BCUT2D eigenvalue weighted by molar-refractivity contribution is 7.89. The lowest BCUT2D eigenvalue weighted by Gasteiger charge is -2.13. The molecule has 0 radical (unpaired) electrons. The van der Waals surface area contributed by atoms with Gasteiger partial charge in [-0.2, -0.15) is 0 Å². The molecule has 25 heavy (non-hydrogen) atoms. The first-order valence-corrected chi connectivity index (χ1v) is 8.95. The summed E-state index contributed by atoms with van der Waals surface area (Å²) < 4.78 is 37.3. The van der Waals surface area contributed by atoms with Crippen molar-refractivity contribution < 1.29 is 22.7 Å². The molecule has 0 aliphatic heterocycles. The van der Waals surface area contributed by atoms with E-state index in [9.17, 15) is 13.2 Å². The van der Waals surface area contributed by atoms with Crippen LogP contribution in [-0.2, 0) is 21.3 Å². The molecule has 134 valence electrons. The SMILES string of the molecule is CCOC(=O)Nc1cc(S(=O)(=O)NCc2cccnc2)ccc1OC. The summed E-state index contributed by atoms with van der Waals surface area (Å²) in [7, 11) is -2.36. The Hall–Kier alpha value is -2.65. The van der Waals surface area contributed by atoms with Gasteiger partial charge in [0.25, 0.3) is 0 Å². The van der Waals surface area contributed by atoms with Crippen LogP contribution in [0.2, 0.25) is 0 Å². The van der Waals surface area contributed by atoms with Crippen molar-refractivity contribution in [3.05, 3.63) is 48.3 Å². The Labute approximate surface area is 146 Å². The number of nitrogens with one attached hydrogen (secondary N) is 2. The van der Waals surface area contributed by atoms with Crippen LogP contribution in [0.4, 0.5) is 10.5 Å². The molecular weight excluding hydrogens is 346 g/mol. The lowest BCUT2D eigenvalue weighted by atomic mass is 10.3. The number of rotatable bonds is 7. The number of aromatic nitrogens is 1. The van der Waals surface area contributed by atoms with Crippen molar-refractivity contribution in [3.63, 3.8) is 0 Å². The molecule has 2 aromatic rings. The Bertz CT molecular complexity index is 825. The minimum Gasteiger partial charge on any atom is -0.495 e. The van der Waals surface area contributed by atoms with E-state index in [1.54, 1.807) is 31.5 Å². The zero-order chi connectivity index (χ0) is 18.3. The zero-order valence-electron chi connectivity index (χ0n) is 13.9. The van der Waals surface area contributed by atoms with Gasteiger partial charge in [-0.1, -0.05) is 6.07 Å². The van der Waals surface area contributed by atoms with Gasteiger partial charge in [0.2, 0.25) is 10.0 Å². The molecule has 0 fully saturated rings. The normalized spacial score (nSPS) is 11.0. The maximum Gasteiger partial charge on any atom is 0.411 e. The van der Waals surface area contributed by atoms with Gasteiger partial charge in [0.05, 0.1) is 24.3 Å². The molecule has 8 nitrogen and oxygen atoms in total. The van der Waals surface area contributed by atoms with Gasteiger partial charge in [0.15, 0.2) is 0 Å². The maximum absolute atomic E-state index is 12.5. The van der Waals surface area contributed by atoms with Crippen molar-refractivity contribution in [2.24, 2.45) is 0 Å². The van der Waals surface area contributed by atoms with E-state index in [0.717, 1.165) is 5.56 Å². The monoisotopic (exact) mass is 365 g/mol. The number of amides is 1. The van der Waals surface area contributed by atoms with E-state index in [1.807, 2.05) is 0 Å². The fraction of sp³-hybridized carbons (Fsp3) is 0.250. The summed E-state index contributed by atoms with van der Waals surface area (Å²) in [6.07, 6.45) is 2.48. The molecule has 1 aromatic carbocycles. The molecule has 0 spiro atoms. The first-order chi connectivity index (χ1) is 12.0. The van der Waals surface area contributed by atoms with Crippen molar-refractivity contribution in [1.29, 1.82) is 0 Å². The lowest BCUT2D eigenvalue weighted by Crippen LogP contribution is -2.23. The molecule has 0 aliphatic carbocycles. The molecule has 1 aromatic heterocycles. The highest BCUT2D eigenvalue weighted by atomic mass is 32.2. The second-order valence-electron chi connectivity index (χ2n) is 4.89. The summed E-state index contributed by atoms with van der Waals surface area (Å²) in [6.45, 7) is 1.96. The van der Waals surface area contributed by atoms with Crippen LogP contribution in [0.25, 0.3) is 0 Å². The molecule has 0 aliphatic rings. The van der Waals surface area contributed by atoms with Gasteiger partial charge in [-0.3, -0.25) is 10.3 Å². The number of ether oxygens (including phenoxy) is 2. The van der Waals surface area contributed by atoms with Gasteiger partial charge in [-0.15, -0.1) is 0 Å². The molecule has 2 N–H and O–H groups in total. The molecule has 0 saturated heterocycles. The largest absolute Gasteiger partial charge is 0.495 e. The van der Waals surface area contributed by atoms with Crippen LogP contribution in [0.1, 0.15) is 12.5 Å². The Balaban J connectivity index is 2.20. The van der Waals surface area contributed by atoms with Gasteiger partial charge in [0.1, 0.15) is 5.75 Å². The van der Waals surface area contributed by atoms with Crippen molar-refractivity contribution in [2.75, 3.05) is 19.0 Å². The summed E-state index contributed by atoms with van der Waals surface area (Å²) in [5, 5.41) is 2.46. The molecule has 1 heterocycles. The lowest BCUT2D eigenvalue weighted by molar-refractivity contribution is 0.168. The number of hydrogen-bond acceptors (Lipinski definition) is 6. The minimum absolute atomic E-state index is 0.0102. The Kier molecular flexibility index (Phi) is 6.31. The quantitative estimate of drug-likeness (QED) is 0.778. The third kappa shape index (κ3) is 5.16. The molecule has 2 rings (SSSR count). The molecule has 1 amide bonds. The fourth-order valence-electron chi connectivity index (χ4n) is 1.99. The first-order valence-electron chi connectivity index (χ1n) is 7.46. The number of benzene rings is 1. The van der Waals surface area contributed by atoms with E-state index >= 15 is 0 Å². The van der Waals surface area contributed by atoms with E-state index in [2.05, 4.69) is 15.0 Å². The molecular formula is C16H19N3O5S. The van der Waals surface area contributed by atoms with Gasteiger partial charge >= 0.3 is 6.09 Å². The number of carbonyl (C=O) groups excluding carboxylic acids is 1. The second-order valence-corrected chi connectivity index (χ2v) is 6.66. The number of pyridine rings is 1. The first kappa shape index (κ1) is 18.7. The molecule has 0 unspecified atom stereocenters. The fourth-order valence-corrected chi connectivity index (χ4v) is 3.04. The predicted molar refractivity (Wildman–Crippen MR) is 91.9 cm³/mol. The van der Waals surface area contributed by atoms with E-state index < -0.39 is 16.1 Å². The average Bonchev–Trinajstić information content (AvgIpc) is 2.61. The highest BCUT2D eigenvalue weighted by Gasteiger charge is 2.17. The summed E-state index contributed by atoms with van der Waals surface area (Å²) in [6, 6.07) is 7.64. The van der Waals surface area contributed by atoms with Gasteiger partial charge in [0, 0.05) is 18.9 Å². The van der Waals surface area contributed by atoms with E-state index in [1.165, 1.54) is 25.3 Å². The van der Waals surface area contributed by atoms with Crippen LogP contribution >= 0.6 is 0 Å². The highest BCUT2D eigenvalue weighted by Crippen LogP contribution is 2.27. The number of methoxy groups -OCH3 is 1. The van der Waals surface area contributed by atoms with Crippen molar-refractivity contribution in [3.8, 4) is 5.75 Å². The number of carbonyl (C=O) groups is 1. The van der Waals surface area contributed by atoms with Gasteiger partial charge < -0.3 is 9.47 Å². The van der Waals surface area contributed by atoms with Gasteiger partial charge in [-0.05, 0) is 36.8 Å². The number of anilines is 1. The Morgan fingerprint density at radius 3 is 2.72 bits per heavy atom. The van der Waals surface area contributed by atoms with Crippen LogP contribution in [0.15, 0.2) is 47.6 Å². The van der Waals surface area contributed by atoms with Crippen LogP contribution in [-0.4, -0.2) is 33.2 Å². The zero-order valence-corrected chi connectivity index (χ0v) is 14.7. The predicted octanol–water partition coefficient (Wildman–Crippen LogP) is 2.14. The molecule has 0 saturated carbocycles. The minimum atomic E-state index is -3.78. The van der Waals surface area contributed by atoms with Gasteiger partial charge in [-0.25, -0.2) is 17.9 Å². The topological polar surface area (TPSA) is 107 Å². The van der Waals surface area contributed by atoms with Crippen molar-refractivity contribution >= 4 is 21.8 Å².